The van der Waals surface area contributed by atoms with Crippen LogP contribution in [0, 0.1) is 6.92 Å². The highest BCUT2D eigenvalue weighted by Gasteiger charge is 2.13. The highest BCUT2D eigenvalue weighted by atomic mass is 35.5. The molecule has 1 N–H and O–H groups in total. The molecule has 0 saturated heterocycles. The maximum Gasteiger partial charge on any atom is 0.231 e. The van der Waals surface area contributed by atoms with Crippen LogP contribution in [-0.4, -0.2) is 12.5 Å². The van der Waals surface area contributed by atoms with E-state index in [4.69, 9.17) is 21.1 Å². The standard InChI is InChI=1S/C16H15ClN2O2/c1-10-3-5-13(8-14(10)17)19-18-11(2)12-4-6-15-16(7-12)21-9-20-15/h3-8,19H,9H2,1-2H3. The Morgan fingerprint density at radius 2 is 1.95 bits per heavy atom. The minimum absolute atomic E-state index is 0.273. The summed E-state index contributed by atoms with van der Waals surface area (Å²) in [4.78, 5) is 0. The van der Waals surface area contributed by atoms with Gasteiger partial charge in [0.1, 0.15) is 0 Å². The molecule has 0 amide bonds. The first-order chi connectivity index (χ1) is 10.1. The van der Waals surface area contributed by atoms with Crippen molar-refractivity contribution in [2.24, 2.45) is 5.10 Å². The van der Waals surface area contributed by atoms with Gasteiger partial charge < -0.3 is 9.47 Å². The molecule has 0 radical (unpaired) electrons. The third-order valence-electron chi connectivity index (χ3n) is 3.31. The molecular formula is C16H15ClN2O2. The zero-order valence-electron chi connectivity index (χ0n) is 11.8. The average Bonchev–Trinajstić information content (AvgIpc) is 2.95. The Morgan fingerprint density at radius 1 is 1.14 bits per heavy atom. The number of ether oxygens (including phenoxy) is 2. The fourth-order valence-corrected chi connectivity index (χ4v) is 2.18. The van der Waals surface area contributed by atoms with Crippen molar-refractivity contribution >= 4 is 23.0 Å². The zero-order valence-corrected chi connectivity index (χ0v) is 12.6. The molecule has 5 heteroatoms. The van der Waals surface area contributed by atoms with E-state index < -0.39 is 0 Å². The van der Waals surface area contributed by atoms with Gasteiger partial charge in [-0.3, -0.25) is 5.43 Å². The van der Waals surface area contributed by atoms with Crippen molar-refractivity contribution in [1.82, 2.24) is 0 Å². The number of hydrogen-bond donors (Lipinski definition) is 1. The van der Waals surface area contributed by atoms with Gasteiger partial charge in [-0.15, -0.1) is 0 Å². The quantitative estimate of drug-likeness (QED) is 0.682. The van der Waals surface area contributed by atoms with Crippen LogP contribution in [0.1, 0.15) is 18.1 Å². The lowest BCUT2D eigenvalue weighted by Gasteiger charge is -2.06. The monoisotopic (exact) mass is 302 g/mol. The Morgan fingerprint density at radius 3 is 2.76 bits per heavy atom. The molecule has 1 aliphatic rings. The number of nitrogens with one attached hydrogen (secondary N) is 1. The molecule has 2 aromatic carbocycles. The van der Waals surface area contributed by atoms with Crippen LogP contribution < -0.4 is 14.9 Å². The molecule has 108 valence electrons. The first-order valence-electron chi connectivity index (χ1n) is 6.60. The molecule has 21 heavy (non-hydrogen) atoms. The van der Waals surface area contributed by atoms with E-state index in [1.165, 1.54) is 0 Å². The first kappa shape index (κ1) is 13.8. The number of fused-ring (bicyclic) bond motifs is 1. The molecule has 4 nitrogen and oxygen atoms in total. The number of aryl methyl sites for hydroxylation is 1. The molecule has 0 aromatic heterocycles. The number of hydrogen-bond acceptors (Lipinski definition) is 4. The molecule has 0 bridgehead atoms. The van der Waals surface area contributed by atoms with Crippen LogP contribution in [0.4, 0.5) is 5.69 Å². The lowest BCUT2D eigenvalue weighted by molar-refractivity contribution is 0.174. The second-order valence-corrected chi connectivity index (χ2v) is 5.25. The highest BCUT2D eigenvalue weighted by molar-refractivity contribution is 6.31. The van der Waals surface area contributed by atoms with E-state index in [2.05, 4.69) is 10.5 Å². The van der Waals surface area contributed by atoms with Gasteiger partial charge in [-0.2, -0.15) is 5.10 Å². The summed E-state index contributed by atoms with van der Waals surface area (Å²) in [7, 11) is 0. The fourth-order valence-electron chi connectivity index (χ4n) is 2.00. The largest absolute Gasteiger partial charge is 0.454 e. The second-order valence-electron chi connectivity index (χ2n) is 4.84. The van der Waals surface area contributed by atoms with Crippen molar-refractivity contribution in [2.75, 3.05) is 12.2 Å². The van der Waals surface area contributed by atoms with E-state index in [0.717, 1.165) is 39.0 Å². The number of rotatable bonds is 3. The fraction of sp³-hybridized carbons (Fsp3) is 0.188. The Bertz CT molecular complexity index is 713. The minimum Gasteiger partial charge on any atom is -0.454 e. The molecule has 0 atom stereocenters. The summed E-state index contributed by atoms with van der Waals surface area (Å²) >= 11 is 6.09. The SMILES string of the molecule is CC(=NNc1ccc(C)c(Cl)c1)c1ccc2c(c1)OCO2. The van der Waals surface area contributed by atoms with Crippen molar-refractivity contribution in [1.29, 1.82) is 0 Å². The predicted molar refractivity (Wildman–Crippen MR) is 84.6 cm³/mol. The summed E-state index contributed by atoms with van der Waals surface area (Å²) < 4.78 is 10.7. The molecule has 0 unspecified atom stereocenters. The van der Waals surface area contributed by atoms with E-state index in [1.54, 1.807) is 0 Å². The Hall–Kier alpha value is -2.20. The average molecular weight is 303 g/mol. The van der Waals surface area contributed by atoms with Crippen LogP contribution in [0.25, 0.3) is 0 Å². The Balaban J connectivity index is 1.78. The molecule has 0 fully saturated rings. The van der Waals surface area contributed by atoms with Gasteiger partial charge in [0, 0.05) is 10.6 Å². The van der Waals surface area contributed by atoms with Gasteiger partial charge in [0.25, 0.3) is 0 Å². The van der Waals surface area contributed by atoms with Crippen molar-refractivity contribution in [3.05, 3.63) is 52.5 Å². The summed E-state index contributed by atoms with van der Waals surface area (Å²) in [6.45, 7) is 4.17. The summed E-state index contributed by atoms with van der Waals surface area (Å²) in [6.07, 6.45) is 0. The van der Waals surface area contributed by atoms with Crippen molar-refractivity contribution in [3.8, 4) is 11.5 Å². The summed E-state index contributed by atoms with van der Waals surface area (Å²) in [5.41, 5.74) is 6.73. The van der Waals surface area contributed by atoms with Crippen molar-refractivity contribution in [3.63, 3.8) is 0 Å². The number of hydrazone groups is 1. The van der Waals surface area contributed by atoms with E-state index in [1.807, 2.05) is 50.2 Å². The topological polar surface area (TPSA) is 42.9 Å². The minimum atomic E-state index is 0.273. The normalized spacial score (nSPS) is 13.4. The van der Waals surface area contributed by atoms with E-state index in [-0.39, 0.29) is 6.79 Å². The van der Waals surface area contributed by atoms with Crippen LogP contribution in [0.3, 0.4) is 0 Å². The lowest BCUT2D eigenvalue weighted by atomic mass is 10.1. The highest BCUT2D eigenvalue weighted by Crippen LogP contribution is 2.32. The molecule has 2 aromatic rings. The van der Waals surface area contributed by atoms with Crippen LogP contribution in [-0.2, 0) is 0 Å². The summed E-state index contributed by atoms with van der Waals surface area (Å²) in [6, 6.07) is 11.5. The van der Waals surface area contributed by atoms with Gasteiger partial charge in [0.2, 0.25) is 6.79 Å². The van der Waals surface area contributed by atoms with Gasteiger partial charge in [-0.05, 0) is 49.7 Å². The number of halogens is 1. The van der Waals surface area contributed by atoms with Crippen molar-refractivity contribution in [2.45, 2.75) is 13.8 Å². The van der Waals surface area contributed by atoms with Gasteiger partial charge in [-0.1, -0.05) is 17.7 Å². The first-order valence-corrected chi connectivity index (χ1v) is 6.98. The Labute approximate surface area is 128 Å². The third-order valence-corrected chi connectivity index (χ3v) is 3.72. The van der Waals surface area contributed by atoms with Gasteiger partial charge in [-0.25, -0.2) is 0 Å². The molecule has 0 saturated carbocycles. The predicted octanol–water partition coefficient (Wildman–Crippen LogP) is 4.21. The third kappa shape index (κ3) is 2.95. The van der Waals surface area contributed by atoms with Gasteiger partial charge in [0.05, 0.1) is 11.4 Å². The number of benzene rings is 2. The zero-order chi connectivity index (χ0) is 14.8. The van der Waals surface area contributed by atoms with Crippen LogP contribution in [0.5, 0.6) is 11.5 Å². The maximum absolute atomic E-state index is 6.09. The summed E-state index contributed by atoms with van der Waals surface area (Å²) in [5.74, 6) is 1.52. The van der Waals surface area contributed by atoms with Gasteiger partial charge in [0.15, 0.2) is 11.5 Å². The lowest BCUT2D eigenvalue weighted by Crippen LogP contribution is -2.00. The van der Waals surface area contributed by atoms with Crippen LogP contribution in [0.2, 0.25) is 5.02 Å². The molecule has 0 aliphatic carbocycles. The molecule has 1 heterocycles. The number of nitrogens with zero attached hydrogens (tertiary/aromatic N) is 1. The molecule has 3 rings (SSSR count). The van der Waals surface area contributed by atoms with E-state index >= 15 is 0 Å². The smallest absolute Gasteiger partial charge is 0.231 e. The van der Waals surface area contributed by atoms with Crippen LogP contribution in [0.15, 0.2) is 41.5 Å². The van der Waals surface area contributed by atoms with Crippen LogP contribution >= 0.6 is 11.6 Å². The van der Waals surface area contributed by atoms with Gasteiger partial charge >= 0.3 is 0 Å². The van der Waals surface area contributed by atoms with E-state index in [9.17, 15) is 0 Å². The molecule has 1 aliphatic heterocycles. The van der Waals surface area contributed by atoms with Crippen molar-refractivity contribution < 1.29 is 9.47 Å². The molecular weight excluding hydrogens is 288 g/mol. The number of anilines is 1. The molecule has 0 spiro atoms. The van der Waals surface area contributed by atoms with E-state index in [0.29, 0.717) is 0 Å². The summed E-state index contributed by atoms with van der Waals surface area (Å²) in [5, 5.41) is 5.09. The second kappa shape index (κ2) is 5.66. The maximum atomic E-state index is 6.09. The Kier molecular flexibility index (Phi) is 3.71.